The molecule has 0 aliphatic carbocycles. The van der Waals surface area contributed by atoms with Crippen LogP contribution in [0.5, 0.6) is 0 Å². The van der Waals surface area contributed by atoms with Gasteiger partial charge in [0.15, 0.2) is 0 Å². The van der Waals surface area contributed by atoms with Crippen LogP contribution in [0.15, 0.2) is 35.1 Å². The highest BCUT2D eigenvalue weighted by atomic mass is 32.1. The lowest BCUT2D eigenvalue weighted by atomic mass is 10.0. The van der Waals surface area contributed by atoms with Gasteiger partial charge in [-0.3, -0.25) is 4.79 Å². The minimum atomic E-state index is -0.465. The van der Waals surface area contributed by atoms with Crippen molar-refractivity contribution in [3.8, 4) is 0 Å². The third kappa shape index (κ3) is 2.59. The number of hydrogen-bond donors (Lipinski definition) is 1. The molecule has 1 aliphatic heterocycles. The Hall–Kier alpha value is -2.25. The lowest BCUT2D eigenvalue weighted by Crippen LogP contribution is -2.23. The number of nitrogens with zero attached hydrogens (tertiary/aromatic N) is 4. The summed E-state index contributed by atoms with van der Waals surface area (Å²) in [4.78, 5) is 19.4. The summed E-state index contributed by atoms with van der Waals surface area (Å²) in [6.45, 7) is 3.33. The summed E-state index contributed by atoms with van der Waals surface area (Å²) < 4.78 is 1.37. The van der Waals surface area contributed by atoms with E-state index in [0.29, 0.717) is 24.5 Å². The molecule has 0 bridgehead atoms. The summed E-state index contributed by atoms with van der Waals surface area (Å²) >= 11 is 1.42. The molecule has 2 aromatic heterocycles. The topological polar surface area (TPSA) is 70.7 Å². The number of aryl methyl sites for hydroxylation is 1. The van der Waals surface area contributed by atoms with Gasteiger partial charge in [0.25, 0.3) is 5.56 Å². The second-order valence-corrected chi connectivity index (χ2v) is 6.88. The summed E-state index contributed by atoms with van der Waals surface area (Å²) in [5, 5.41) is 15.6. The first-order chi connectivity index (χ1) is 11.7. The second kappa shape index (κ2) is 5.99. The summed E-state index contributed by atoms with van der Waals surface area (Å²) in [6, 6.07) is 9.47. The zero-order valence-electron chi connectivity index (χ0n) is 13.3. The fourth-order valence-electron chi connectivity index (χ4n) is 3.04. The van der Waals surface area contributed by atoms with Crippen LogP contribution in [0.1, 0.15) is 36.3 Å². The summed E-state index contributed by atoms with van der Waals surface area (Å²) in [6.07, 6.45) is 0.894. The van der Waals surface area contributed by atoms with Gasteiger partial charge in [-0.1, -0.05) is 42.5 Å². The van der Waals surface area contributed by atoms with Gasteiger partial charge >= 0.3 is 0 Å². The van der Waals surface area contributed by atoms with E-state index in [1.54, 1.807) is 0 Å². The molecule has 0 saturated heterocycles. The van der Waals surface area contributed by atoms with Gasteiger partial charge in [-0.15, -0.1) is 5.10 Å². The van der Waals surface area contributed by atoms with Crippen LogP contribution in [0.2, 0.25) is 0 Å². The van der Waals surface area contributed by atoms with Crippen LogP contribution in [0.4, 0.5) is 5.13 Å². The fraction of sp³-hybridized carbons (Fsp3) is 0.353. The molecule has 0 saturated carbocycles. The minimum absolute atomic E-state index is 0.144. The molecule has 0 amide bonds. The van der Waals surface area contributed by atoms with Gasteiger partial charge in [0, 0.05) is 24.8 Å². The average Bonchev–Trinajstić information content (AvgIpc) is 2.95. The van der Waals surface area contributed by atoms with Gasteiger partial charge < -0.3 is 10.0 Å². The summed E-state index contributed by atoms with van der Waals surface area (Å²) in [7, 11) is 0. The van der Waals surface area contributed by atoms with Gasteiger partial charge in [-0.05, 0) is 24.0 Å². The van der Waals surface area contributed by atoms with Gasteiger partial charge in [0.2, 0.25) is 10.1 Å². The quantitative estimate of drug-likeness (QED) is 0.773. The van der Waals surface area contributed by atoms with E-state index in [4.69, 9.17) is 0 Å². The number of benzene rings is 1. The number of hydrogen-bond acceptors (Lipinski definition) is 6. The maximum absolute atomic E-state index is 12.2. The average molecular weight is 342 g/mol. The number of aliphatic hydroxyl groups is 1. The van der Waals surface area contributed by atoms with Gasteiger partial charge in [0.1, 0.15) is 0 Å². The number of anilines is 1. The molecule has 0 radical (unpaired) electrons. The van der Waals surface area contributed by atoms with Crippen molar-refractivity contribution in [2.24, 2.45) is 0 Å². The fourth-order valence-corrected chi connectivity index (χ4v) is 3.99. The zero-order valence-corrected chi connectivity index (χ0v) is 14.2. The predicted molar refractivity (Wildman–Crippen MR) is 93.6 cm³/mol. The molecular weight excluding hydrogens is 324 g/mol. The number of rotatable bonds is 2. The Balaban J connectivity index is 1.75. The van der Waals surface area contributed by atoms with Crippen molar-refractivity contribution >= 4 is 21.4 Å². The Morgan fingerprint density at radius 2 is 2.21 bits per heavy atom. The lowest BCUT2D eigenvalue weighted by molar-refractivity contribution is 0.171. The van der Waals surface area contributed by atoms with Gasteiger partial charge in [-0.25, -0.2) is 4.98 Å². The smallest absolute Gasteiger partial charge is 0.275 e. The molecule has 0 unspecified atom stereocenters. The molecular formula is C17H18N4O2S. The van der Waals surface area contributed by atoms with E-state index in [9.17, 15) is 9.90 Å². The normalized spacial score (nSPS) is 17.8. The minimum Gasteiger partial charge on any atom is -0.388 e. The molecule has 1 aliphatic rings. The van der Waals surface area contributed by atoms with Crippen molar-refractivity contribution in [1.29, 1.82) is 0 Å². The molecule has 3 heterocycles. The van der Waals surface area contributed by atoms with Crippen molar-refractivity contribution in [3.05, 3.63) is 57.5 Å². The largest absolute Gasteiger partial charge is 0.388 e. The van der Waals surface area contributed by atoms with E-state index in [-0.39, 0.29) is 5.56 Å². The van der Waals surface area contributed by atoms with E-state index in [1.807, 2.05) is 31.2 Å². The summed E-state index contributed by atoms with van der Waals surface area (Å²) in [5.74, 6) is 0. The molecule has 6 nitrogen and oxygen atoms in total. The lowest BCUT2D eigenvalue weighted by Gasteiger charge is -2.18. The molecule has 3 aromatic rings. The van der Waals surface area contributed by atoms with Crippen molar-refractivity contribution in [2.45, 2.75) is 32.4 Å². The molecule has 1 atom stereocenters. The second-order valence-electron chi connectivity index (χ2n) is 5.94. The van der Waals surface area contributed by atoms with Crippen LogP contribution in [-0.4, -0.2) is 26.2 Å². The van der Waals surface area contributed by atoms with Crippen LogP contribution >= 0.6 is 11.3 Å². The monoisotopic (exact) mass is 342 g/mol. The van der Waals surface area contributed by atoms with E-state index in [0.717, 1.165) is 28.4 Å². The molecule has 7 heteroatoms. The Morgan fingerprint density at radius 1 is 1.38 bits per heavy atom. The third-order valence-electron chi connectivity index (χ3n) is 4.37. The van der Waals surface area contributed by atoms with E-state index in [1.165, 1.54) is 21.9 Å². The zero-order chi connectivity index (χ0) is 16.7. The van der Waals surface area contributed by atoms with Crippen LogP contribution in [0, 0.1) is 0 Å². The number of aliphatic hydroxyl groups excluding tert-OH is 1. The highest BCUT2D eigenvalue weighted by molar-refractivity contribution is 7.20. The van der Waals surface area contributed by atoms with Crippen molar-refractivity contribution in [3.63, 3.8) is 0 Å². The Kier molecular flexibility index (Phi) is 3.82. The van der Waals surface area contributed by atoms with Crippen LogP contribution in [-0.2, 0) is 13.0 Å². The third-order valence-corrected chi connectivity index (χ3v) is 5.34. The van der Waals surface area contributed by atoms with E-state index < -0.39 is 6.10 Å². The van der Waals surface area contributed by atoms with E-state index in [2.05, 4.69) is 15.0 Å². The molecule has 4 rings (SSSR count). The highest BCUT2D eigenvalue weighted by Gasteiger charge is 2.23. The Labute approximate surface area is 143 Å². The van der Waals surface area contributed by atoms with E-state index >= 15 is 0 Å². The number of fused-ring (bicyclic) bond motifs is 2. The van der Waals surface area contributed by atoms with Crippen LogP contribution in [0.3, 0.4) is 0 Å². The van der Waals surface area contributed by atoms with Gasteiger partial charge in [-0.2, -0.15) is 4.52 Å². The molecule has 24 heavy (non-hydrogen) atoms. The highest BCUT2D eigenvalue weighted by Crippen LogP contribution is 2.31. The predicted octanol–water partition coefficient (Wildman–Crippen LogP) is 2.16. The maximum atomic E-state index is 12.2. The number of aromatic nitrogens is 3. The first kappa shape index (κ1) is 15.3. The van der Waals surface area contributed by atoms with Crippen molar-refractivity contribution < 1.29 is 5.11 Å². The standard InChI is InChI=1S/C17H18N4O2S/c1-2-12-9-15(23)21-16(18-12)24-17(19-21)20-8-7-14(22)13-6-4-3-5-11(13)10-20/h3-6,9,14,22H,2,7-8,10H2,1H3/t14-/m0/s1. The summed E-state index contributed by atoms with van der Waals surface area (Å²) in [5.41, 5.74) is 2.71. The van der Waals surface area contributed by atoms with Gasteiger partial charge in [0.05, 0.1) is 6.10 Å². The first-order valence-corrected chi connectivity index (χ1v) is 8.88. The Morgan fingerprint density at radius 3 is 3.04 bits per heavy atom. The molecule has 0 fully saturated rings. The SMILES string of the molecule is CCc1cc(=O)n2nc(N3CC[C@H](O)c4ccccc4C3)sc2n1. The molecule has 1 aromatic carbocycles. The Bertz CT molecular complexity index is 949. The van der Waals surface area contributed by atoms with Crippen molar-refractivity contribution in [2.75, 3.05) is 11.4 Å². The molecule has 1 N–H and O–H groups in total. The van der Waals surface area contributed by atoms with Crippen molar-refractivity contribution in [1.82, 2.24) is 14.6 Å². The maximum Gasteiger partial charge on any atom is 0.275 e. The first-order valence-electron chi connectivity index (χ1n) is 8.06. The molecule has 0 spiro atoms. The van der Waals surface area contributed by atoms with Crippen LogP contribution < -0.4 is 10.5 Å². The van der Waals surface area contributed by atoms with Crippen LogP contribution in [0.25, 0.3) is 4.96 Å². The molecule has 124 valence electrons.